The van der Waals surface area contributed by atoms with Crippen LogP contribution in [0.4, 0.5) is 13.2 Å². The maximum Gasteiger partial charge on any atom is 0.416 e. The Bertz CT molecular complexity index is 1530. The molecule has 9 N–H and O–H groups in total. The quantitative estimate of drug-likeness (QED) is 0.0923. The van der Waals surface area contributed by atoms with E-state index in [1.165, 1.54) is 6.07 Å². The summed E-state index contributed by atoms with van der Waals surface area (Å²) in [4.78, 5) is 28.4. The summed E-state index contributed by atoms with van der Waals surface area (Å²) in [6.07, 6.45) is 1.85. The van der Waals surface area contributed by atoms with Gasteiger partial charge >= 0.3 is 18.1 Å². The van der Waals surface area contributed by atoms with Crippen molar-refractivity contribution >= 4 is 28.8 Å². The minimum atomic E-state index is -4.38. The predicted molar refractivity (Wildman–Crippen MR) is 164 cm³/mol. The number of aryl methyl sites for hydroxylation is 1. The third-order valence-corrected chi connectivity index (χ3v) is 8.39. The van der Waals surface area contributed by atoms with E-state index in [1.54, 1.807) is 18.2 Å². The SMILES string of the molecule is NC(N)=NCCCC(N)C(=O)O.O=C(O)C[C@H]1CCc2c1[nH]c1ccc(OCc3ccc(C4CCCC4)c(C(F)(F)F)c3)cc21. The number of aliphatic carboxylic acids is 2. The lowest BCUT2D eigenvalue weighted by atomic mass is 9.91. The molecule has 0 bridgehead atoms. The summed E-state index contributed by atoms with van der Waals surface area (Å²) in [5.41, 5.74) is 18.7. The average Bonchev–Trinajstić information content (AvgIpc) is 3.72. The van der Waals surface area contributed by atoms with Crippen LogP contribution in [-0.4, -0.2) is 45.7 Å². The van der Waals surface area contributed by atoms with Gasteiger partial charge in [-0.1, -0.05) is 25.0 Å². The Hall–Kier alpha value is -4.26. The predicted octanol–water partition coefficient (Wildman–Crippen LogP) is 5.38. The molecule has 0 spiro atoms. The maximum absolute atomic E-state index is 13.7. The highest BCUT2D eigenvalue weighted by atomic mass is 19.4. The maximum atomic E-state index is 13.7. The van der Waals surface area contributed by atoms with Gasteiger partial charge in [0.25, 0.3) is 0 Å². The van der Waals surface area contributed by atoms with Gasteiger partial charge in [0, 0.05) is 29.1 Å². The summed E-state index contributed by atoms with van der Waals surface area (Å²) >= 11 is 0. The standard InChI is InChI=1S/C26H26F3NO3.C6H14N4O2/c27-26(28,29)22-11-15(5-8-19(22)16-3-1-2-4-16)14-33-18-7-10-23-21(13-18)20-9-6-17(12-24(31)32)25(20)30-23;7-4(5(11)12)2-1-3-10-6(8)9/h5,7-8,10-11,13,16-17,30H,1-4,6,9,12,14H2,(H,31,32);4H,1-3,7H2,(H,11,12)(H4,8,9,10)/t17-;/m1./s1. The lowest BCUT2D eigenvalue weighted by Gasteiger charge is -2.19. The van der Waals surface area contributed by atoms with Gasteiger partial charge in [-0.3, -0.25) is 14.6 Å². The lowest BCUT2D eigenvalue weighted by molar-refractivity contribution is -0.139. The molecule has 0 radical (unpaired) electrons. The number of halogens is 3. The Morgan fingerprint density at radius 3 is 2.44 bits per heavy atom. The Morgan fingerprint density at radius 1 is 1.07 bits per heavy atom. The first-order chi connectivity index (χ1) is 21.3. The van der Waals surface area contributed by atoms with Crippen LogP contribution in [0.3, 0.4) is 0 Å². The number of nitrogens with zero attached hydrogens (tertiary/aromatic N) is 1. The van der Waals surface area contributed by atoms with Crippen molar-refractivity contribution in [3.05, 3.63) is 64.3 Å². The molecular weight excluding hydrogens is 591 g/mol. The number of carboxylic acid groups (broad SMARTS) is 2. The number of ether oxygens (including phenoxy) is 1. The number of aromatic nitrogens is 1. The topological polar surface area (TPSA) is 190 Å². The number of aliphatic imine (C=N–C) groups is 1. The number of carbonyl (C=O) groups is 2. The third kappa shape index (κ3) is 8.90. The molecule has 0 amide bonds. The van der Waals surface area contributed by atoms with Crippen molar-refractivity contribution in [2.45, 2.75) is 88.4 Å². The van der Waals surface area contributed by atoms with Gasteiger partial charge < -0.3 is 37.1 Å². The van der Waals surface area contributed by atoms with E-state index in [4.69, 9.17) is 32.2 Å². The average molecular weight is 632 g/mol. The second-order valence-electron chi connectivity index (χ2n) is 11.6. The van der Waals surface area contributed by atoms with E-state index in [-0.39, 0.29) is 30.8 Å². The van der Waals surface area contributed by atoms with Gasteiger partial charge in [-0.25, -0.2) is 0 Å². The number of hydrogen-bond acceptors (Lipinski definition) is 5. The molecule has 3 aromatic rings. The number of nitrogens with one attached hydrogen (secondary N) is 1. The van der Waals surface area contributed by atoms with Crippen molar-refractivity contribution in [3.63, 3.8) is 0 Å². The molecular formula is C32H40F3N5O5. The van der Waals surface area contributed by atoms with Gasteiger partial charge in [-0.2, -0.15) is 13.2 Å². The van der Waals surface area contributed by atoms with Gasteiger partial charge in [0.1, 0.15) is 18.4 Å². The van der Waals surface area contributed by atoms with E-state index < -0.39 is 29.7 Å². The molecule has 45 heavy (non-hydrogen) atoms. The number of benzene rings is 2. The van der Waals surface area contributed by atoms with Crippen LogP contribution >= 0.6 is 0 Å². The highest BCUT2D eigenvalue weighted by Crippen LogP contribution is 2.43. The Balaban J connectivity index is 0.000000328. The molecule has 2 atom stereocenters. The number of nitrogens with two attached hydrogens (primary N) is 3. The minimum Gasteiger partial charge on any atom is -0.489 e. The molecule has 2 aliphatic carbocycles. The first-order valence-electron chi connectivity index (χ1n) is 15.1. The Morgan fingerprint density at radius 2 is 1.80 bits per heavy atom. The number of guanidine groups is 1. The van der Waals surface area contributed by atoms with Crippen molar-refractivity contribution < 1.29 is 37.7 Å². The summed E-state index contributed by atoms with van der Waals surface area (Å²) in [6, 6.07) is 9.35. The highest BCUT2D eigenvalue weighted by Gasteiger charge is 2.36. The molecule has 1 heterocycles. The number of aromatic amines is 1. The molecule has 2 aliphatic rings. The van der Waals surface area contributed by atoms with Crippen LogP contribution < -0.4 is 21.9 Å². The van der Waals surface area contributed by atoms with E-state index in [0.717, 1.165) is 60.7 Å². The molecule has 0 aliphatic heterocycles. The largest absolute Gasteiger partial charge is 0.489 e. The summed E-state index contributed by atoms with van der Waals surface area (Å²) in [5.74, 6) is -1.25. The van der Waals surface area contributed by atoms with E-state index in [0.29, 0.717) is 36.3 Å². The first kappa shape index (κ1) is 33.6. The summed E-state index contributed by atoms with van der Waals surface area (Å²) in [7, 11) is 0. The smallest absolute Gasteiger partial charge is 0.416 e. The molecule has 1 unspecified atom stereocenters. The summed E-state index contributed by atoms with van der Waals surface area (Å²) in [5, 5.41) is 18.5. The van der Waals surface area contributed by atoms with Crippen LogP contribution in [-0.2, 0) is 28.8 Å². The van der Waals surface area contributed by atoms with E-state index in [9.17, 15) is 22.8 Å². The summed E-state index contributed by atoms with van der Waals surface area (Å²) < 4.78 is 47.1. The second kappa shape index (κ2) is 14.7. The molecule has 1 saturated carbocycles. The van der Waals surface area contributed by atoms with E-state index >= 15 is 0 Å². The molecule has 1 fully saturated rings. The Kier molecular flexibility index (Phi) is 11.0. The van der Waals surface area contributed by atoms with Crippen LogP contribution in [0.5, 0.6) is 5.75 Å². The van der Waals surface area contributed by atoms with E-state index in [2.05, 4.69) is 9.98 Å². The number of rotatable bonds is 11. The monoisotopic (exact) mass is 631 g/mol. The van der Waals surface area contributed by atoms with E-state index in [1.807, 2.05) is 12.1 Å². The fourth-order valence-corrected chi connectivity index (χ4v) is 6.17. The van der Waals surface area contributed by atoms with Gasteiger partial charge in [-0.15, -0.1) is 0 Å². The van der Waals surface area contributed by atoms with Crippen LogP contribution in [0.2, 0.25) is 0 Å². The normalized spacial score (nSPS) is 16.9. The molecule has 0 saturated heterocycles. The van der Waals surface area contributed by atoms with Crippen molar-refractivity contribution in [1.82, 2.24) is 4.98 Å². The number of fused-ring (bicyclic) bond motifs is 3. The number of carboxylic acids is 2. The molecule has 5 rings (SSSR count). The fraction of sp³-hybridized carbons (Fsp3) is 0.469. The minimum absolute atomic E-state index is 0.0129. The van der Waals surface area contributed by atoms with Crippen molar-refractivity contribution in [1.29, 1.82) is 0 Å². The Labute approximate surface area is 258 Å². The van der Waals surface area contributed by atoms with Crippen LogP contribution in [0.25, 0.3) is 10.9 Å². The molecule has 10 nitrogen and oxygen atoms in total. The van der Waals surface area contributed by atoms with Gasteiger partial charge in [-0.05, 0) is 85.4 Å². The van der Waals surface area contributed by atoms with Crippen LogP contribution in [0.1, 0.15) is 91.2 Å². The second-order valence-corrected chi connectivity index (χ2v) is 11.6. The van der Waals surface area contributed by atoms with Crippen molar-refractivity contribution in [2.75, 3.05) is 6.54 Å². The van der Waals surface area contributed by atoms with Crippen molar-refractivity contribution in [3.8, 4) is 5.75 Å². The number of alkyl halides is 3. The zero-order valence-electron chi connectivity index (χ0n) is 24.9. The van der Waals surface area contributed by atoms with Crippen molar-refractivity contribution in [2.24, 2.45) is 22.2 Å². The van der Waals surface area contributed by atoms with Gasteiger partial charge in [0.15, 0.2) is 5.96 Å². The van der Waals surface area contributed by atoms with Gasteiger partial charge in [0.05, 0.1) is 12.0 Å². The molecule has 244 valence electrons. The third-order valence-electron chi connectivity index (χ3n) is 8.39. The fourth-order valence-electron chi connectivity index (χ4n) is 6.17. The lowest BCUT2D eigenvalue weighted by Crippen LogP contribution is -2.30. The molecule has 2 aromatic carbocycles. The molecule has 13 heteroatoms. The van der Waals surface area contributed by atoms with Gasteiger partial charge in [0.2, 0.25) is 0 Å². The zero-order chi connectivity index (χ0) is 32.7. The molecule has 1 aromatic heterocycles. The number of H-pyrrole nitrogens is 1. The number of hydrogen-bond donors (Lipinski definition) is 6. The van der Waals surface area contributed by atoms with Crippen LogP contribution in [0, 0.1) is 0 Å². The summed E-state index contributed by atoms with van der Waals surface area (Å²) in [6.45, 7) is 0.469. The highest BCUT2D eigenvalue weighted by molar-refractivity contribution is 5.87. The zero-order valence-corrected chi connectivity index (χ0v) is 24.9. The van der Waals surface area contributed by atoms with Crippen LogP contribution in [0.15, 0.2) is 41.4 Å². The first-order valence-corrected chi connectivity index (χ1v) is 15.1.